The normalized spacial score (nSPS) is 13.1. The molecule has 0 radical (unpaired) electrons. The number of carbonyl (C=O) groups is 3. The van der Waals surface area contributed by atoms with Crippen LogP contribution in [0.25, 0.3) is 0 Å². The Morgan fingerprint density at radius 3 is 2.28 bits per heavy atom. The molecule has 0 spiro atoms. The van der Waals surface area contributed by atoms with Gasteiger partial charge in [-0.3, -0.25) is 14.4 Å². The number of anilines is 2. The summed E-state index contributed by atoms with van der Waals surface area (Å²) < 4.78 is 22.9. The van der Waals surface area contributed by atoms with Gasteiger partial charge in [0.1, 0.15) is 23.9 Å². The summed E-state index contributed by atoms with van der Waals surface area (Å²) in [4.78, 5) is 44.6. The fourth-order valence-corrected chi connectivity index (χ4v) is 4.97. The molecule has 3 aromatic carbocycles. The van der Waals surface area contributed by atoms with E-state index in [1.54, 1.807) is 61.6 Å². The number of methoxy groups -OCH3 is 1. The third kappa shape index (κ3) is 9.92. The van der Waals surface area contributed by atoms with Gasteiger partial charge in [-0.2, -0.15) is 0 Å². The van der Waals surface area contributed by atoms with Crippen LogP contribution in [-0.2, 0) is 9.53 Å². The van der Waals surface area contributed by atoms with E-state index in [4.69, 9.17) is 24.7 Å². The van der Waals surface area contributed by atoms with Gasteiger partial charge in [-0.15, -0.1) is 0 Å². The second kappa shape index (κ2) is 17.9. The van der Waals surface area contributed by atoms with Crippen molar-refractivity contribution in [3.63, 3.8) is 0 Å². The molecule has 1 saturated heterocycles. The molecule has 1 aliphatic rings. The molecule has 0 aromatic heterocycles. The molecule has 3 amide bonds. The molecule has 12 heteroatoms. The summed E-state index contributed by atoms with van der Waals surface area (Å²) in [7, 11) is 5.19. The first kappa shape index (κ1) is 35.2. The van der Waals surface area contributed by atoms with Crippen LogP contribution in [0, 0.1) is 0 Å². The number of amides is 3. The first-order valence-electron chi connectivity index (χ1n) is 15.8. The van der Waals surface area contributed by atoms with Crippen LogP contribution < -0.4 is 30.2 Å². The van der Waals surface area contributed by atoms with Crippen molar-refractivity contribution < 1.29 is 33.3 Å². The van der Waals surface area contributed by atoms with Gasteiger partial charge in [0.05, 0.1) is 43.9 Å². The van der Waals surface area contributed by atoms with Crippen molar-refractivity contribution in [2.45, 2.75) is 12.8 Å². The zero-order valence-electron chi connectivity index (χ0n) is 27.4. The van der Waals surface area contributed by atoms with Crippen LogP contribution in [0.5, 0.6) is 17.2 Å². The predicted molar refractivity (Wildman–Crippen MR) is 181 cm³/mol. The number of ether oxygens (including phenoxy) is 4. The maximum Gasteiger partial charge on any atom is 0.259 e. The van der Waals surface area contributed by atoms with E-state index in [9.17, 15) is 14.4 Å². The molecule has 0 unspecified atom stereocenters. The lowest BCUT2D eigenvalue weighted by molar-refractivity contribution is -0.137. The van der Waals surface area contributed by atoms with Crippen LogP contribution in [0.2, 0.25) is 0 Å². The van der Waals surface area contributed by atoms with Gasteiger partial charge < -0.3 is 44.7 Å². The van der Waals surface area contributed by atoms with Crippen LogP contribution in [0.15, 0.2) is 66.7 Å². The number of para-hydroxylation sites is 3. The highest BCUT2D eigenvalue weighted by Gasteiger charge is 2.21. The zero-order valence-corrected chi connectivity index (χ0v) is 27.4. The highest BCUT2D eigenvalue weighted by molar-refractivity contribution is 6.09. The number of benzene rings is 3. The Labute approximate surface area is 276 Å². The average molecular weight is 648 g/mol. The van der Waals surface area contributed by atoms with E-state index in [-0.39, 0.29) is 24.3 Å². The molecule has 0 bridgehead atoms. The summed E-state index contributed by atoms with van der Waals surface area (Å²) >= 11 is 0. The van der Waals surface area contributed by atoms with E-state index >= 15 is 0 Å². The Morgan fingerprint density at radius 1 is 0.851 bits per heavy atom. The fourth-order valence-electron chi connectivity index (χ4n) is 4.97. The van der Waals surface area contributed by atoms with Crippen molar-refractivity contribution in [1.82, 2.24) is 9.80 Å². The summed E-state index contributed by atoms with van der Waals surface area (Å²) in [6, 6.07) is 19.1. The number of nitrogens with zero attached hydrogens (tertiary/aromatic N) is 3. The topological polar surface area (TPSA) is 136 Å². The first-order valence-corrected chi connectivity index (χ1v) is 15.8. The molecular formula is C35H45N5O7. The maximum atomic E-state index is 13.6. The summed E-state index contributed by atoms with van der Waals surface area (Å²) in [5.41, 5.74) is 7.29. The largest absolute Gasteiger partial charge is 0.495 e. The fraction of sp³-hybridized carbons (Fsp3) is 0.400. The number of nitrogens with two attached hydrogens (primary N) is 1. The van der Waals surface area contributed by atoms with Crippen LogP contribution in [0.3, 0.4) is 0 Å². The van der Waals surface area contributed by atoms with E-state index < -0.39 is 0 Å². The highest BCUT2D eigenvalue weighted by Crippen LogP contribution is 2.31. The van der Waals surface area contributed by atoms with E-state index in [0.717, 1.165) is 26.2 Å². The smallest absolute Gasteiger partial charge is 0.259 e. The molecule has 3 N–H and O–H groups in total. The van der Waals surface area contributed by atoms with Gasteiger partial charge in [0.15, 0.2) is 0 Å². The third-order valence-electron chi connectivity index (χ3n) is 7.74. The minimum absolute atomic E-state index is 0.00512. The Hall–Kier alpha value is -4.65. The summed E-state index contributed by atoms with van der Waals surface area (Å²) in [6.45, 7) is 4.86. The molecule has 0 aliphatic carbocycles. The lowest BCUT2D eigenvalue weighted by atomic mass is 10.1. The van der Waals surface area contributed by atoms with Gasteiger partial charge in [0.25, 0.3) is 11.8 Å². The van der Waals surface area contributed by atoms with Gasteiger partial charge in [-0.1, -0.05) is 24.3 Å². The van der Waals surface area contributed by atoms with Crippen LogP contribution in [0.1, 0.15) is 33.6 Å². The Morgan fingerprint density at radius 2 is 1.53 bits per heavy atom. The number of hydrogen-bond acceptors (Lipinski definition) is 9. The monoisotopic (exact) mass is 647 g/mol. The van der Waals surface area contributed by atoms with E-state index in [1.165, 1.54) is 12.0 Å². The Kier molecular flexibility index (Phi) is 13.4. The maximum absolute atomic E-state index is 13.6. The highest BCUT2D eigenvalue weighted by atomic mass is 16.5. The molecule has 1 aliphatic heterocycles. The SMILES string of the molecule is COc1cc(C(=O)N(C)c2ccccc2OCCCOCC(=O)N2CCN(C)CC2)ccc1NC(=O)c1ccccc1OCCCN. The summed E-state index contributed by atoms with van der Waals surface area (Å²) in [5, 5.41) is 2.86. The van der Waals surface area contributed by atoms with E-state index in [0.29, 0.717) is 79.0 Å². The lowest BCUT2D eigenvalue weighted by Gasteiger charge is -2.32. The first-order chi connectivity index (χ1) is 22.8. The second-order valence-electron chi connectivity index (χ2n) is 11.1. The minimum Gasteiger partial charge on any atom is -0.495 e. The molecule has 252 valence electrons. The number of hydrogen-bond donors (Lipinski definition) is 2. The van der Waals surface area contributed by atoms with Gasteiger partial charge in [-0.25, -0.2) is 0 Å². The number of likely N-dealkylation sites (N-methyl/N-ethyl adjacent to an activating group) is 1. The molecule has 3 aromatic rings. The molecule has 0 saturated carbocycles. The summed E-state index contributed by atoms with van der Waals surface area (Å²) in [5.74, 6) is 0.665. The van der Waals surface area contributed by atoms with Gasteiger partial charge in [0, 0.05) is 45.2 Å². The number of rotatable bonds is 16. The Bertz CT molecular complexity index is 1490. The van der Waals surface area contributed by atoms with Gasteiger partial charge in [-0.05, 0) is 62.5 Å². The minimum atomic E-state index is -0.374. The third-order valence-corrected chi connectivity index (χ3v) is 7.74. The summed E-state index contributed by atoms with van der Waals surface area (Å²) in [6.07, 6.45) is 1.25. The van der Waals surface area contributed by atoms with Crippen molar-refractivity contribution >= 4 is 29.1 Å². The molecule has 12 nitrogen and oxygen atoms in total. The van der Waals surface area contributed by atoms with Crippen LogP contribution >= 0.6 is 0 Å². The Balaban J connectivity index is 1.32. The van der Waals surface area contributed by atoms with Crippen molar-refractivity contribution in [2.75, 3.05) is 90.6 Å². The molecular weight excluding hydrogens is 602 g/mol. The molecule has 0 atom stereocenters. The van der Waals surface area contributed by atoms with Crippen molar-refractivity contribution in [3.8, 4) is 17.2 Å². The molecule has 1 heterocycles. The second-order valence-corrected chi connectivity index (χ2v) is 11.1. The number of piperazine rings is 1. The quantitative estimate of drug-likeness (QED) is 0.224. The zero-order chi connectivity index (χ0) is 33.6. The number of carbonyl (C=O) groups excluding carboxylic acids is 3. The standard InChI is InChI=1S/C35H45N5O7/c1-38-17-19-40(20-18-38)33(41)25-45-21-9-23-47-31-13-7-5-11-29(31)39(2)35(43)26-14-15-28(32(24-26)44-3)37-34(42)27-10-4-6-12-30(27)46-22-8-16-36/h4-7,10-15,24H,8-9,16-23,25,36H2,1-3H3,(H,37,42). The van der Waals surface area contributed by atoms with Gasteiger partial charge >= 0.3 is 0 Å². The lowest BCUT2D eigenvalue weighted by Crippen LogP contribution is -2.48. The van der Waals surface area contributed by atoms with Gasteiger partial charge in [0.2, 0.25) is 5.91 Å². The van der Waals surface area contributed by atoms with Crippen molar-refractivity contribution in [3.05, 3.63) is 77.9 Å². The molecule has 4 rings (SSSR count). The van der Waals surface area contributed by atoms with Crippen molar-refractivity contribution in [2.24, 2.45) is 5.73 Å². The van der Waals surface area contributed by atoms with E-state index in [1.807, 2.05) is 24.1 Å². The van der Waals surface area contributed by atoms with E-state index in [2.05, 4.69) is 10.2 Å². The average Bonchev–Trinajstić information content (AvgIpc) is 3.10. The number of nitrogens with one attached hydrogen (secondary N) is 1. The molecule has 47 heavy (non-hydrogen) atoms. The predicted octanol–water partition coefficient (Wildman–Crippen LogP) is 3.51. The van der Waals surface area contributed by atoms with Crippen molar-refractivity contribution in [1.29, 1.82) is 0 Å². The van der Waals surface area contributed by atoms with Crippen LogP contribution in [-0.4, -0.2) is 108 Å². The molecule has 1 fully saturated rings. The van der Waals surface area contributed by atoms with Crippen LogP contribution in [0.4, 0.5) is 11.4 Å².